The fourth-order valence-corrected chi connectivity index (χ4v) is 3.53. The number of nitrogens with one attached hydrogen (secondary N) is 1. The van der Waals surface area contributed by atoms with Crippen LogP contribution in [0.1, 0.15) is 32.3 Å². The van der Waals surface area contributed by atoms with Crippen LogP contribution in [0.4, 0.5) is 11.4 Å². The lowest BCUT2D eigenvalue weighted by atomic mass is 10.0. The molecule has 7 nitrogen and oxygen atoms in total. The summed E-state index contributed by atoms with van der Waals surface area (Å²) in [5, 5.41) is 2.86. The molecule has 0 aliphatic heterocycles. The van der Waals surface area contributed by atoms with Gasteiger partial charge in [0.2, 0.25) is 0 Å². The third kappa shape index (κ3) is 5.09. The van der Waals surface area contributed by atoms with E-state index in [0.29, 0.717) is 35.4 Å². The van der Waals surface area contributed by atoms with Crippen molar-refractivity contribution >= 4 is 22.9 Å². The van der Waals surface area contributed by atoms with Crippen molar-refractivity contribution in [3.05, 3.63) is 72.6 Å². The molecule has 0 aliphatic carbocycles. The van der Waals surface area contributed by atoms with E-state index >= 15 is 0 Å². The first-order valence-corrected chi connectivity index (χ1v) is 11.0. The first kappa shape index (κ1) is 22.2. The van der Waals surface area contributed by atoms with Crippen molar-refractivity contribution in [3.63, 3.8) is 0 Å². The fourth-order valence-electron chi connectivity index (χ4n) is 3.53. The second-order valence-corrected chi connectivity index (χ2v) is 8.03. The van der Waals surface area contributed by atoms with Crippen LogP contribution in [0.3, 0.4) is 0 Å². The van der Waals surface area contributed by atoms with Crippen LogP contribution in [0.2, 0.25) is 0 Å². The third-order valence-electron chi connectivity index (χ3n) is 5.27. The smallest absolute Gasteiger partial charge is 0.262 e. The maximum atomic E-state index is 12.4. The summed E-state index contributed by atoms with van der Waals surface area (Å²) in [5.74, 6) is 1.38. The minimum absolute atomic E-state index is 0.121. The number of benzene rings is 2. The molecule has 0 aliphatic rings. The van der Waals surface area contributed by atoms with E-state index in [1.165, 1.54) is 5.56 Å². The molecule has 0 radical (unpaired) electrons. The van der Waals surface area contributed by atoms with E-state index in [1.807, 2.05) is 72.2 Å². The van der Waals surface area contributed by atoms with Gasteiger partial charge in [0.05, 0.1) is 18.0 Å². The molecule has 0 unspecified atom stereocenters. The van der Waals surface area contributed by atoms with Gasteiger partial charge in [-0.25, -0.2) is 4.98 Å². The number of aromatic nitrogens is 2. The average Bonchev–Trinajstić information content (AvgIpc) is 3.24. The quantitative estimate of drug-likeness (QED) is 0.368. The number of fused-ring (bicyclic) bond motifs is 1. The molecule has 4 rings (SSSR count). The molecular formula is C26H28N4O3. The van der Waals surface area contributed by atoms with Crippen LogP contribution in [0.25, 0.3) is 16.9 Å². The highest BCUT2D eigenvalue weighted by molar-refractivity contribution is 5.92. The van der Waals surface area contributed by atoms with Crippen LogP contribution in [0.5, 0.6) is 11.5 Å². The lowest BCUT2D eigenvalue weighted by Gasteiger charge is -2.10. The van der Waals surface area contributed by atoms with Gasteiger partial charge < -0.3 is 24.9 Å². The number of rotatable bonds is 8. The van der Waals surface area contributed by atoms with E-state index in [4.69, 9.17) is 20.2 Å². The molecule has 0 fully saturated rings. The second kappa shape index (κ2) is 9.65. The summed E-state index contributed by atoms with van der Waals surface area (Å²) in [6.07, 6.45) is 3.78. The number of ether oxygens (including phenoxy) is 2. The van der Waals surface area contributed by atoms with Crippen molar-refractivity contribution in [2.24, 2.45) is 0 Å². The molecule has 170 valence electrons. The van der Waals surface area contributed by atoms with Gasteiger partial charge in [-0.3, -0.25) is 4.79 Å². The van der Waals surface area contributed by atoms with Crippen LogP contribution >= 0.6 is 0 Å². The Balaban J connectivity index is 1.47. The summed E-state index contributed by atoms with van der Waals surface area (Å²) in [6, 6.07) is 17.1. The first-order chi connectivity index (χ1) is 15.9. The molecule has 0 saturated carbocycles. The molecule has 1 amide bonds. The Morgan fingerprint density at radius 3 is 2.58 bits per heavy atom. The van der Waals surface area contributed by atoms with E-state index in [1.54, 1.807) is 6.07 Å². The maximum Gasteiger partial charge on any atom is 0.262 e. The molecule has 2 heterocycles. The number of nitrogens with two attached hydrogens (primary N) is 1. The van der Waals surface area contributed by atoms with Crippen molar-refractivity contribution in [2.75, 3.05) is 24.3 Å². The molecule has 0 bridgehead atoms. The number of carbonyl (C=O) groups is 1. The van der Waals surface area contributed by atoms with Crippen LogP contribution in [-0.2, 0) is 4.79 Å². The van der Waals surface area contributed by atoms with Gasteiger partial charge in [0.25, 0.3) is 5.91 Å². The minimum atomic E-state index is -0.236. The molecule has 4 aromatic rings. The molecule has 33 heavy (non-hydrogen) atoms. The molecule has 3 N–H and O–H groups in total. The predicted molar refractivity (Wildman–Crippen MR) is 131 cm³/mol. The Labute approximate surface area is 193 Å². The normalized spacial score (nSPS) is 11.0. The molecule has 7 heteroatoms. The van der Waals surface area contributed by atoms with Crippen molar-refractivity contribution in [1.29, 1.82) is 0 Å². The Kier molecular flexibility index (Phi) is 6.49. The highest BCUT2D eigenvalue weighted by atomic mass is 16.5. The Morgan fingerprint density at radius 1 is 1.09 bits per heavy atom. The van der Waals surface area contributed by atoms with Gasteiger partial charge in [0.15, 0.2) is 18.0 Å². The number of hydrogen-bond donors (Lipinski definition) is 2. The zero-order chi connectivity index (χ0) is 23.4. The predicted octanol–water partition coefficient (Wildman–Crippen LogP) is 5.12. The number of anilines is 2. The molecule has 2 aromatic carbocycles. The van der Waals surface area contributed by atoms with Crippen LogP contribution in [-0.4, -0.2) is 28.5 Å². The van der Waals surface area contributed by atoms with Gasteiger partial charge in [-0.05, 0) is 60.9 Å². The highest BCUT2D eigenvalue weighted by Gasteiger charge is 2.12. The van der Waals surface area contributed by atoms with Gasteiger partial charge in [0.1, 0.15) is 5.75 Å². The summed E-state index contributed by atoms with van der Waals surface area (Å²) in [6.45, 7) is 6.61. The summed E-state index contributed by atoms with van der Waals surface area (Å²) in [4.78, 5) is 17.1. The van der Waals surface area contributed by atoms with Gasteiger partial charge >= 0.3 is 0 Å². The number of carbonyl (C=O) groups excluding carboxylic acids is 1. The molecule has 0 atom stereocenters. The molecule has 0 spiro atoms. The first-order valence-electron chi connectivity index (χ1n) is 11.0. The van der Waals surface area contributed by atoms with E-state index in [9.17, 15) is 4.79 Å². The molecule has 2 aromatic heterocycles. The second-order valence-electron chi connectivity index (χ2n) is 8.03. The summed E-state index contributed by atoms with van der Waals surface area (Å²) >= 11 is 0. The van der Waals surface area contributed by atoms with Crippen LogP contribution in [0, 0.1) is 0 Å². The number of nitrogen functional groups attached to an aromatic ring is 1. The Hall–Kier alpha value is -4.00. The molecular weight excluding hydrogens is 416 g/mol. The molecule has 0 saturated heterocycles. The largest absolute Gasteiger partial charge is 0.492 e. The number of hydrogen-bond acceptors (Lipinski definition) is 5. The minimum Gasteiger partial charge on any atom is -0.492 e. The summed E-state index contributed by atoms with van der Waals surface area (Å²) < 4.78 is 13.2. The van der Waals surface area contributed by atoms with Gasteiger partial charge in [-0.2, -0.15) is 0 Å². The number of amides is 1. The number of pyridine rings is 1. The van der Waals surface area contributed by atoms with Crippen LogP contribution in [0.15, 0.2) is 67.0 Å². The van der Waals surface area contributed by atoms with Gasteiger partial charge in [0, 0.05) is 23.6 Å². The lowest BCUT2D eigenvalue weighted by molar-refractivity contribution is -0.118. The van der Waals surface area contributed by atoms with Crippen LogP contribution < -0.4 is 20.5 Å². The summed E-state index contributed by atoms with van der Waals surface area (Å²) in [7, 11) is 0. The monoisotopic (exact) mass is 444 g/mol. The van der Waals surface area contributed by atoms with Gasteiger partial charge in [-0.1, -0.05) is 26.0 Å². The zero-order valence-electron chi connectivity index (χ0n) is 19.0. The van der Waals surface area contributed by atoms with E-state index in [-0.39, 0.29) is 12.5 Å². The Morgan fingerprint density at radius 2 is 1.88 bits per heavy atom. The van der Waals surface area contributed by atoms with Crippen molar-refractivity contribution in [3.8, 4) is 22.8 Å². The average molecular weight is 445 g/mol. The zero-order valence-corrected chi connectivity index (χ0v) is 19.0. The number of imidazole rings is 1. The van der Waals surface area contributed by atoms with Crippen molar-refractivity contribution in [1.82, 2.24) is 9.38 Å². The van der Waals surface area contributed by atoms with Gasteiger partial charge in [-0.15, -0.1) is 0 Å². The van der Waals surface area contributed by atoms with E-state index < -0.39 is 0 Å². The highest BCUT2D eigenvalue weighted by Crippen LogP contribution is 2.30. The Bertz CT molecular complexity index is 1260. The lowest BCUT2D eigenvalue weighted by Crippen LogP contribution is -2.20. The standard InChI is InChI=1S/C26H28N4O3/c1-4-32-23-12-9-19(14-21(23)27)22-15-30-13-5-6-24(26(30)29-22)33-16-25(31)28-20-10-7-18(8-11-20)17(2)3/h5-15,17H,4,16,27H2,1-3H3,(H,28,31). The fraction of sp³-hybridized carbons (Fsp3) is 0.231. The van der Waals surface area contributed by atoms with Crippen molar-refractivity contribution < 1.29 is 14.3 Å². The maximum absolute atomic E-state index is 12.4. The summed E-state index contributed by atoms with van der Waals surface area (Å²) in [5.41, 5.74) is 10.9. The van der Waals surface area contributed by atoms with E-state index in [2.05, 4.69) is 19.2 Å². The van der Waals surface area contributed by atoms with Crippen molar-refractivity contribution in [2.45, 2.75) is 26.7 Å². The third-order valence-corrected chi connectivity index (χ3v) is 5.27. The topological polar surface area (TPSA) is 90.9 Å². The number of nitrogens with zero attached hydrogens (tertiary/aromatic N) is 2. The SMILES string of the molecule is CCOc1ccc(-c2cn3cccc(OCC(=O)Nc4ccc(C(C)C)cc4)c3n2)cc1N. The van der Waals surface area contributed by atoms with E-state index in [0.717, 1.165) is 16.9 Å².